The van der Waals surface area contributed by atoms with Gasteiger partial charge in [0, 0.05) is 20.3 Å². The van der Waals surface area contributed by atoms with E-state index in [0.29, 0.717) is 13.2 Å². The van der Waals surface area contributed by atoms with Crippen molar-refractivity contribution >= 4 is 11.8 Å². The highest BCUT2D eigenvalue weighted by atomic mass is 16.5. The van der Waals surface area contributed by atoms with Crippen LogP contribution in [0.1, 0.15) is 12.8 Å². The van der Waals surface area contributed by atoms with E-state index in [1.54, 1.807) is 7.05 Å². The monoisotopic (exact) mass is 212 g/mol. The summed E-state index contributed by atoms with van der Waals surface area (Å²) in [6, 6.07) is -0.333. The maximum absolute atomic E-state index is 11.8. The molecule has 1 N–H and O–H groups in total. The Kier molecular flexibility index (Phi) is 2.90. The first-order valence-corrected chi connectivity index (χ1v) is 5.30. The average Bonchev–Trinajstić information content (AvgIpc) is 2.24. The minimum Gasteiger partial charge on any atom is -0.381 e. The highest BCUT2D eigenvalue weighted by Gasteiger charge is 2.36. The molecule has 0 radical (unpaired) electrons. The zero-order chi connectivity index (χ0) is 10.8. The molecule has 15 heavy (non-hydrogen) atoms. The fraction of sp³-hybridized carbons (Fsp3) is 0.800. The van der Waals surface area contributed by atoms with E-state index in [4.69, 9.17) is 4.74 Å². The van der Waals surface area contributed by atoms with Crippen molar-refractivity contribution in [3.05, 3.63) is 0 Å². The molecule has 0 aliphatic carbocycles. The number of nitrogens with one attached hydrogen (secondary N) is 1. The van der Waals surface area contributed by atoms with E-state index in [9.17, 15) is 9.59 Å². The average molecular weight is 212 g/mol. The molecule has 0 aromatic rings. The molecule has 0 saturated carbocycles. The van der Waals surface area contributed by atoms with Crippen LogP contribution in [0.5, 0.6) is 0 Å². The Morgan fingerprint density at radius 1 is 1.33 bits per heavy atom. The van der Waals surface area contributed by atoms with Crippen molar-refractivity contribution in [3.8, 4) is 0 Å². The van der Waals surface area contributed by atoms with Crippen LogP contribution in [0.2, 0.25) is 0 Å². The van der Waals surface area contributed by atoms with Crippen LogP contribution in [-0.4, -0.2) is 49.6 Å². The minimum absolute atomic E-state index is 0.0292. The smallest absolute Gasteiger partial charge is 0.245 e. The molecule has 2 heterocycles. The number of hydrogen-bond acceptors (Lipinski definition) is 3. The summed E-state index contributed by atoms with van der Waals surface area (Å²) in [6.07, 6.45) is 1.70. The second kappa shape index (κ2) is 4.18. The zero-order valence-corrected chi connectivity index (χ0v) is 8.86. The summed E-state index contributed by atoms with van der Waals surface area (Å²) in [4.78, 5) is 24.7. The number of piperazine rings is 1. The van der Waals surface area contributed by atoms with Gasteiger partial charge in [0.2, 0.25) is 11.8 Å². The molecule has 0 unspecified atom stereocenters. The molecule has 2 saturated heterocycles. The Bertz CT molecular complexity index is 274. The van der Waals surface area contributed by atoms with Crippen molar-refractivity contribution in [3.63, 3.8) is 0 Å². The lowest BCUT2D eigenvalue weighted by Crippen LogP contribution is -2.59. The van der Waals surface area contributed by atoms with Gasteiger partial charge < -0.3 is 15.0 Å². The molecule has 2 rings (SSSR count). The van der Waals surface area contributed by atoms with E-state index < -0.39 is 0 Å². The van der Waals surface area contributed by atoms with Crippen LogP contribution in [0.15, 0.2) is 0 Å². The molecule has 0 aromatic heterocycles. The molecule has 5 heteroatoms. The largest absolute Gasteiger partial charge is 0.381 e. The van der Waals surface area contributed by atoms with Crippen LogP contribution in [0.3, 0.4) is 0 Å². The fourth-order valence-electron chi connectivity index (χ4n) is 2.18. The number of amides is 2. The second-order valence-electron chi connectivity index (χ2n) is 4.19. The van der Waals surface area contributed by atoms with E-state index in [0.717, 1.165) is 12.8 Å². The van der Waals surface area contributed by atoms with Crippen molar-refractivity contribution in [2.45, 2.75) is 18.9 Å². The van der Waals surface area contributed by atoms with Gasteiger partial charge in [0.15, 0.2) is 0 Å². The number of likely N-dealkylation sites (N-methyl/N-ethyl adjacent to an activating group) is 1. The van der Waals surface area contributed by atoms with Crippen molar-refractivity contribution in [1.29, 1.82) is 0 Å². The van der Waals surface area contributed by atoms with Crippen LogP contribution in [0, 0.1) is 5.92 Å². The third kappa shape index (κ3) is 2.12. The quantitative estimate of drug-likeness (QED) is 0.629. The summed E-state index contributed by atoms with van der Waals surface area (Å²) >= 11 is 0. The molecule has 5 nitrogen and oxygen atoms in total. The minimum atomic E-state index is -0.333. The van der Waals surface area contributed by atoms with Crippen LogP contribution in [0.25, 0.3) is 0 Å². The fourth-order valence-corrected chi connectivity index (χ4v) is 2.18. The number of carbonyl (C=O) groups is 2. The molecular weight excluding hydrogens is 196 g/mol. The van der Waals surface area contributed by atoms with Gasteiger partial charge in [0.1, 0.15) is 6.04 Å². The van der Waals surface area contributed by atoms with Crippen molar-refractivity contribution < 1.29 is 14.3 Å². The molecular formula is C10H16N2O3. The predicted molar refractivity (Wildman–Crippen MR) is 53.1 cm³/mol. The van der Waals surface area contributed by atoms with Gasteiger partial charge in [-0.15, -0.1) is 0 Å². The van der Waals surface area contributed by atoms with Gasteiger partial charge in [0.05, 0.1) is 6.54 Å². The van der Waals surface area contributed by atoms with Crippen LogP contribution >= 0.6 is 0 Å². The Labute approximate surface area is 88.8 Å². The van der Waals surface area contributed by atoms with Gasteiger partial charge in [-0.05, 0) is 18.8 Å². The highest BCUT2D eigenvalue weighted by molar-refractivity contribution is 5.94. The molecule has 2 aliphatic heterocycles. The Morgan fingerprint density at radius 2 is 2.00 bits per heavy atom. The Balaban J connectivity index is 2.05. The molecule has 2 fully saturated rings. The van der Waals surface area contributed by atoms with E-state index >= 15 is 0 Å². The SMILES string of the molecule is CN1CC(=O)N[C@H](C2CCOCC2)C1=O. The number of rotatable bonds is 1. The maximum Gasteiger partial charge on any atom is 0.245 e. The summed E-state index contributed by atoms with van der Waals surface area (Å²) < 4.78 is 5.24. The number of nitrogens with zero attached hydrogens (tertiary/aromatic N) is 1. The first-order valence-electron chi connectivity index (χ1n) is 5.30. The summed E-state index contributed by atoms with van der Waals surface area (Å²) in [7, 11) is 1.67. The Hall–Kier alpha value is -1.10. The predicted octanol–water partition coefficient (Wildman–Crippen LogP) is -0.630. The molecule has 1 atom stereocenters. The second-order valence-corrected chi connectivity index (χ2v) is 4.19. The summed E-state index contributed by atoms with van der Waals surface area (Å²) in [5.41, 5.74) is 0. The topological polar surface area (TPSA) is 58.6 Å². The summed E-state index contributed by atoms with van der Waals surface area (Å²) in [6.45, 7) is 1.56. The lowest BCUT2D eigenvalue weighted by molar-refractivity contribution is -0.145. The lowest BCUT2D eigenvalue weighted by atomic mass is 9.90. The number of ether oxygens (including phenoxy) is 1. The van der Waals surface area contributed by atoms with Crippen molar-refractivity contribution in [1.82, 2.24) is 10.2 Å². The zero-order valence-electron chi connectivity index (χ0n) is 8.86. The van der Waals surface area contributed by atoms with Gasteiger partial charge in [-0.2, -0.15) is 0 Å². The summed E-state index contributed by atoms with van der Waals surface area (Å²) in [5, 5.41) is 2.78. The van der Waals surface area contributed by atoms with Crippen LogP contribution in [-0.2, 0) is 14.3 Å². The third-order valence-corrected chi connectivity index (χ3v) is 3.08. The van der Waals surface area contributed by atoms with E-state index in [1.807, 2.05) is 0 Å². The molecule has 2 amide bonds. The molecule has 0 bridgehead atoms. The van der Waals surface area contributed by atoms with Crippen molar-refractivity contribution in [2.24, 2.45) is 5.92 Å². The van der Waals surface area contributed by atoms with Gasteiger partial charge >= 0.3 is 0 Å². The van der Waals surface area contributed by atoms with Crippen molar-refractivity contribution in [2.75, 3.05) is 26.8 Å². The van der Waals surface area contributed by atoms with Gasteiger partial charge in [0.25, 0.3) is 0 Å². The van der Waals surface area contributed by atoms with E-state index in [2.05, 4.69) is 5.32 Å². The summed E-state index contributed by atoms with van der Waals surface area (Å²) in [5.74, 6) is 0.202. The molecule has 0 aromatic carbocycles. The standard InChI is InChI=1S/C10H16N2O3/c1-12-6-8(13)11-9(10(12)14)7-2-4-15-5-3-7/h7,9H,2-6H2,1H3,(H,11,13)/t9-/m1/s1. The maximum atomic E-state index is 11.8. The number of carbonyl (C=O) groups excluding carboxylic acids is 2. The molecule has 84 valence electrons. The third-order valence-electron chi connectivity index (χ3n) is 3.08. The number of hydrogen-bond donors (Lipinski definition) is 1. The lowest BCUT2D eigenvalue weighted by Gasteiger charge is -2.36. The van der Waals surface area contributed by atoms with E-state index in [1.165, 1.54) is 4.90 Å². The van der Waals surface area contributed by atoms with Gasteiger partial charge in [-0.1, -0.05) is 0 Å². The van der Waals surface area contributed by atoms with Crippen LogP contribution in [0.4, 0.5) is 0 Å². The molecule has 0 spiro atoms. The highest BCUT2D eigenvalue weighted by Crippen LogP contribution is 2.21. The van der Waals surface area contributed by atoms with Crippen LogP contribution < -0.4 is 5.32 Å². The molecule has 2 aliphatic rings. The van der Waals surface area contributed by atoms with E-state index in [-0.39, 0.29) is 30.3 Å². The van der Waals surface area contributed by atoms with Gasteiger partial charge in [-0.3, -0.25) is 9.59 Å². The first kappa shape index (κ1) is 10.4. The van der Waals surface area contributed by atoms with Gasteiger partial charge in [-0.25, -0.2) is 0 Å². The Morgan fingerprint density at radius 3 is 2.67 bits per heavy atom. The normalized spacial score (nSPS) is 29.1. The first-order chi connectivity index (χ1) is 7.18.